The maximum atomic E-state index is 11.9. The molecule has 1 atom stereocenters. The average Bonchev–Trinajstić information content (AvgIpc) is 2.64. The van der Waals surface area contributed by atoms with E-state index in [2.05, 4.69) is 22.8 Å². The van der Waals surface area contributed by atoms with Crippen LogP contribution in [0.5, 0.6) is 0 Å². The van der Waals surface area contributed by atoms with E-state index in [-0.39, 0.29) is 31.1 Å². The number of ether oxygens (including phenoxy) is 1. The highest BCUT2D eigenvalue weighted by atomic mass is 35.5. The molecule has 0 spiro atoms. The molecule has 0 aliphatic rings. The second-order valence-corrected chi connectivity index (χ2v) is 6.90. The summed E-state index contributed by atoms with van der Waals surface area (Å²) in [6, 6.07) is 15.4. The maximum Gasteiger partial charge on any atom is 0.250 e. The Morgan fingerprint density at radius 2 is 1.78 bits per heavy atom. The van der Waals surface area contributed by atoms with Gasteiger partial charge in [0.2, 0.25) is 11.8 Å². The molecule has 6 heteroatoms. The van der Waals surface area contributed by atoms with Gasteiger partial charge in [0.1, 0.15) is 13.2 Å². The second kappa shape index (κ2) is 10.7. The van der Waals surface area contributed by atoms with Crippen molar-refractivity contribution in [2.75, 3.05) is 18.5 Å². The van der Waals surface area contributed by atoms with E-state index < -0.39 is 0 Å². The summed E-state index contributed by atoms with van der Waals surface area (Å²) in [6.07, 6.45) is 1.73. The molecule has 2 rings (SSSR count). The standard InChI is InChI=1S/C21H25ClN2O3/c1-15-8-11-18(12-19(15)22)24-21(26)14-27-13-20(25)23-16(2)9-10-17-6-4-3-5-7-17/h3-8,11-12,16H,9-10,13-14H2,1-2H3,(H,23,25)(H,24,26)/t16-/m0/s1. The lowest BCUT2D eigenvalue weighted by molar-refractivity contribution is -0.129. The molecule has 27 heavy (non-hydrogen) atoms. The maximum absolute atomic E-state index is 11.9. The van der Waals surface area contributed by atoms with Gasteiger partial charge in [0.25, 0.3) is 0 Å². The number of carbonyl (C=O) groups is 2. The van der Waals surface area contributed by atoms with E-state index in [1.807, 2.05) is 38.1 Å². The SMILES string of the molecule is Cc1ccc(NC(=O)COCC(=O)N[C@@H](C)CCc2ccccc2)cc1Cl. The van der Waals surface area contributed by atoms with E-state index in [0.29, 0.717) is 10.7 Å². The third-order valence-corrected chi connectivity index (χ3v) is 4.45. The van der Waals surface area contributed by atoms with Crippen LogP contribution in [0.1, 0.15) is 24.5 Å². The average molecular weight is 389 g/mol. The zero-order chi connectivity index (χ0) is 19.6. The summed E-state index contributed by atoms with van der Waals surface area (Å²) in [5.74, 6) is -0.568. The van der Waals surface area contributed by atoms with E-state index in [1.54, 1.807) is 12.1 Å². The van der Waals surface area contributed by atoms with E-state index >= 15 is 0 Å². The first-order valence-corrected chi connectivity index (χ1v) is 9.29. The van der Waals surface area contributed by atoms with Gasteiger partial charge in [-0.05, 0) is 49.9 Å². The Morgan fingerprint density at radius 3 is 2.48 bits per heavy atom. The van der Waals surface area contributed by atoms with Crippen molar-refractivity contribution in [2.45, 2.75) is 32.7 Å². The number of benzene rings is 2. The molecule has 2 aromatic rings. The van der Waals surface area contributed by atoms with Crippen LogP contribution in [0.3, 0.4) is 0 Å². The first-order valence-electron chi connectivity index (χ1n) is 8.91. The van der Waals surface area contributed by atoms with Gasteiger partial charge in [0.05, 0.1) is 0 Å². The highest BCUT2D eigenvalue weighted by Gasteiger charge is 2.10. The van der Waals surface area contributed by atoms with Gasteiger partial charge in [0.15, 0.2) is 0 Å². The van der Waals surface area contributed by atoms with Gasteiger partial charge >= 0.3 is 0 Å². The number of hydrogen-bond donors (Lipinski definition) is 2. The van der Waals surface area contributed by atoms with Crippen LogP contribution < -0.4 is 10.6 Å². The topological polar surface area (TPSA) is 67.4 Å². The van der Waals surface area contributed by atoms with Crippen molar-refractivity contribution in [2.24, 2.45) is 0 Å². The second-order valence-electron chi connectivity index (χ2n) is 6.50. The lowest BCUT2D eigenvalue weighted by Crippen LogP contribution is -2.36. The van der Waals surface area contributed by atoms with Crippen LogP contribution in [0.25, 0.3) is 0 Å². The molecule has 0 fully saturated rings. The number of hydrogen-bond acceptors (Lipinski definition) is 3. The van der Waals surface area contributed by atoms with Gasteiger partial charge in [-0.2, -0.15) is 0 Å². The van der Waals surface area contributed by atoms with Gasteiger partial charge in [-0.25, -0.2) is 0 Å². The smallest absolute Gasteiger partial charge is 0.250 e. The summed E-state index contributed by atoms with van der Waals surface area (Å²) in [5.41, 5.74) is 2.77. The normalized spacial score (nSPS) is 11.7. The molecule has 144 valence electrons. The molecule has 5 nitrogen and oxygen atoms in total. The summed E-state index contributed by atoms with van der Waals surface area (Å²) in [6.45, 7) is 3.49. The number of halogens is 1. The first-order chi connectivity index (χ1) is 12.9. The Labute approximate surface area is 165 Å². The number of carbonyl (C=O) groups excluding carboxylic acids is 2. The monoisotopic (exact) mass is 388 g/mol. The minimum absolute atomic E-state index is 0.0323. The van der Waals surface area contributed by atoms with Crippen LogP contribution in [0, 0.1) is 6.92 Å². The molecule has 2 aromatic carbocycles. The number of anilines is 1. The number of rotatable bonds is 9. The molecule has 0 aliphatic carbocycles. The fourth-order valence-corrected chi connectivity index (χ4v) is 2.70. The quantitative estimate of drug-likeness (QED) is 0.687. The van der Waals surface area contributed by atoms with Gasteiger partial charge in [-0.3, -0.25) is 9.59 Å². The lowest BCUT2D eigenvalue weighted by Gasteiger charge is -2.14. The minimum atomic E-state index is -0.333. The Balaban J connectivity index is 1.63. The van der Waals surface area contributed by atoms with Crippen LogP contribution in [0.15, 0.2) is 48.5 Å². The third kappa shape index (κ3) is 7.81. The number of nitrogens with one attached hydrogen (secondary N) is 2. The molecule has 0 aromatic heterocycles. The van der Waals surface area contributed by atoms with Crippen LogP contribution in [-0.4, -0.2) is 31.1 Å². The summed E-state index contributed by atoms with van der Waals surface area (Å²) >= 11 is 6.02. The predicted octanol–water partition coefficient (Wildman–Crippen LogP) is 3.74. The fraction of sp³-hybridized carbons (Fsp3) is 0.333. The number of aryl methyl sites for hydroxylation is 2. The summed E-state index contributed by atoms with van der Waals surface area (Å²) in [5, 5.41) is 6.14. The van der Waals surface area contributed by atoms with Crippen LogP contribution in [0.2, 0.25) is 5.02 Å². The molecule has 0 unspecified atom stereocenters. The van der Waals surface area contributed by atoms with Crippen molar-refractivity contribution in [3.05, 3.63) is 64.7 Å². The van der Waals surface area contributed by atoms with Crippen LogP contribution in [0.4, 0.5) is 5.69 Å². The van der Waals surface area contributed by atoms with Crippen molar-refractivity contribution in [1.29, 1.82) is 0 Å². The Bertz CT molecular complexity index is 765. The van der Waals surface area contributed by atoms with Crippen LogP contribution >= 0.6 is 11.6 Å². The zero-order valence-corrected chi connectivity index (χ0v) is 16.4. The van der Waals surface area contributed by atoms with Gasteiger partial charge in [-0.15, -0.1) is 0 Å². The largest absolute Gasteiger partial charge is 0.362 e. The minimum Gasteiger partial charge on any atom is -0.362 e. The lowest BCUT2D eigenvalue weighted by atomic mass is 10.1. The van der Waals surface area contributed by atoms with E-state index in [9.17, 15) is 9.59 Å². The van der Waals surface area contributed by atoms with Crippen molar-refractivity contribution in [1.82, 2.24) is 5.32 Å². The van der Waals surface area contributed by atoms with Gasteiger partial charge < -0.3 is 15.4 Å². The molecule has 0 aliphatic heterocycles. The fourth-order valence-electron chi connectivity index (χ4n) is 2.52. The Hall–Kier alpha value is -2.37. The molecule has 2 amide bonds. The molecule has 0 heterocycles. The van der Waals surface area contributed by atoms with Crippen molar-refractivity contribution < 1.29 is 14.3 Å². The van der Waals surface area contributed by atoms with Crippen molar-refractivity contribution in [3.63, 3.8) is 0 Å². The Morgan fingerprint density at radius 1 is 1.07 bits per heavy atom. The van der Waals surface area contributed by atoms with Crippen molar-refractivity contribution in [3.8, 4) is 0 Å². The zero-order valence-electron chi connectivity index (χ0n) is 15.6. The molecule has 0 bridgehead atoms. The Kier molecular flexibility index (Phi) is 8.30. The number of amides is 2. The molecule has 0 saturated carbocycles. The molecular formula is C21H25ClN2O3. The highest BCUT2D eigenvalue weighted by Crippen LogP contribution is 2.19. The van der Waals surface area contributed by atoms with E-state index in [0.717, 1.165) is 18.4 Å². The third-order valence-electron chi connectivity index (χ3n) is 4.04. The van der Waals surface area contributed by atoms with E-state index in [1.165, 1.54) is 5.56 Å². The predicted molar refractivity (Wildman–Crippen MR) is 108 cm³/mol. The first kappa shape index (κ1) is 20.9. The highest BCUT2D eigenvalue weighted by molar-refractivity contribution is 6.31. The van der Waals surface area contributed by atoms with Gasteiger partial charge in [0, 0.05) is 16.8 Å². The molecular weight excluding hydrogens is 364 g/mol. The van der Waals surface area contributed by atoms with Gasteiger partial charge in [-0.1, -0.05) is 48.0 Å². The molecule has 0 saturated heterocycles. The van der Waals surface area contributed by atoms with Crippen LogP contribution in [-0.2, 0) is 20.7 Å². The summed E-state index contributed by atoms with van der Waals surface area (Å²) in [7, 11) is 0. The molecule has 2 N–H and O–H groups in total. The molecule has 0 radical (unpaired) electrons. The van der Waals surface area contributed by atoms with Crippen molar-refractivity contribution >= 4 is 29.1 Å². The summed E-state index contributed by atoms with van der Waals surface area (Å²) < 4.78 is 5.19. The summed E-state index contributed by atoms with van der Waals surface area (Å²) in [4.78, 5) is 23.8. The van der Waals surface area contributed by atoms with E-state index in [4.69, 9.17) is 16.3 Å².